The fourth-order valence-corrected chi connectivity index (χ4v) is 8.26. The summed E-state index contributed by atoms with van der Waals surface area (Å²) in [5.74, 6) is 2.39. The molecule has 5 aromatic rings. The average molecular weight is 714 g/mol. The molecule has 0 N–H and O–H groups in total. The van der Waals surface area contributed by atoms with Gasteiger partial charge in [-0.25, -0.2) is 0 Å². The van der Waals surface area contributed by atoms with E-state index in [2.05, 4.69) is 150 Å². The van der Waals surface area contributed by atoms with Crippen LogP contribution in [0.4, 0.5) is 0 Å². The van der Waals surface area contributed by atoms with Gasteiger partial charge in [0.2, 0.25) is 0 Å². The molecule has 1 heterocycles. The Hall–Kier alpha value is -2.64. The Labute approximate surface area is 250 Å². The van der Waals surface area contributed by atoms with Gasteiger partial charge in [0.25, 0.3) is 0 Å². The van der Waals surface area contributed by atoms with Crippen LogP contribution in [0.5, 0.6) is 5.75 Å². The number of benzene rings is 5. The summed E-state index contributed by atoms with van der Waals surface area (Å²) in [5.41, 5.74) is 11.7. The predicted molar refractivity (Wildman–Crippen MR) is 173 cm³/mol. The molecule has 0 radical (unpaired) electrons. The van der Waals surface area contributed by atoms with Gasteiger partial charge < -0.3 is 4.74 Å². The lowest BCUT2D eigenvalue weighted by atomic mass is 9.60. The molecule has 3 heteroatoms. The van der Waals surface area contributed by atoms with Gasteiger partial charge in [-0.15, -0.1) is 0 Å². The molecule has 5 aromatic carbocycles. The Morgan fingerprint density at radius 2 is 1.45 bits per heavy atom. The lowest BCUT2D eigenvalue weighted by Crippen LogP contribution is -2.39. The molecular formula is C35H24I2O. The summed E-state index contributed by atoms with van der Waals surface area (Å²) < 4.78 is 9.69. The third kappa shape index (κ3) is 2.92. The highest BCUT2D eigenvalue weighted by atomic mass is 127. The number of aryl methyl sites for hydroxylation is 1. The van der Waals surface area contributed by atoms with E-state index in [0.29, 0.717) is 5.92 Å². The van der Waals surface area contributed by atoms with Crippen molar-refractivity contribution in [2.45, 2.75) is 25.7 Å². The molecule has 0 saturated carbocycles. The summed E-state index contributed by atoms with van der Waals surface area (Å²) >= 11 is 4.90. The van der Waals surface area contributed by atoms with E-state index >= 15 is 0 Å². The Morgan fingerprint density at radius 1 is 0.763 bits per heavy atom. The SMILES string of the molecule is Cc1cc2c(cc1I)C1=C(C(C)C2)C2(c3ccccc3-c3ccccc32)c2ccc3ccc(I)cc3c2O1. The molecule has 3 aliphatic rings. The van der Waals surface area contributed by atoms with Crippen molar-refractivity contribution in [3.05, 3.63) is 137 Å². The smallest absolute Gasteiger partial charge is 0.140 e. The molecule has 8 rings (SSSR count). The van der Waals surface area contributed by atoms with Crippen LogP contribution >= 0.6 is 45.2 Å². The summed E-state index contributed by atoms with van der Waals surface area (Å²) in [4.78, 5) is 0. The highest BCUT2D eigenvalue weighted by molar-refractivity contribution is 14.1. The zero-order valence-corrected chi connectivity index (χ0v) is 25.4. The minimum Gasteiger partial charge on any atom is -0.456 e. The minimum absolute atomic E-state index is 0.330. The Bertz CT molecular complexity index is 1830. The number of ether oxygens (including phenoxy) is 1. The lowest BCUT2D eigenvalue weighted by Gasteiger charge is -2.46. The van der Waals surface area contributed by atoms with E-state index in [0.717, 1.165) is 17.9 Å². The van der Waals surface area contributed by atoms with Gasteiger partial charge in [-0.3, -0.25) is 0 Å². The van der Waals surface area contributed by atoms with Gasteiger partial charge in [0.1, 0.15) is 11.5 Å². The highest BCUT2D eigenvalue weighted by Gasteiger charge is 2.54. The number of rotatable bonds is 0. The van der Waals surface area contributed by atoms with Crippen LogP contribution in [0.1, 0.15) is 40.3 Å². The van der Waals surface area contributed by atoms with Crippen LogP contribution < -0.4 is 4.74 Å². The first kappa shape index (κ1) is 23.3. The van der Waals surface area contributed by atoms with Gasteiger partial charge in [0.15, 0.2) is 0 Å². The minimum atomic E-state index is -0.390. The quantitative estimate of drug-likeness (QED) is 0.145. The van der Waals surface area contributed by atoms with Crippen molar-refractivity contribution in [1.82, 2.24) is 0 Å². The van der Waals surface area contributed by atoms with Gasteiger partial charge in [-0.2, -0.15) is 0 Å². The third-order valence-electron chi connectivity index (χ3n) is 8.79. The van der Waals surface area contributed by atoms with Crippen molar-refractivity contribution in [1.29, 1.82) is 0 Å². The largest absolute Gasteiger partial charge is 0.456 e. The fraction of sp³-hybridized carbons (Fsp3) is 0.143. The Morgan fingerprint density at radius 3 is 2.18 bits per heavy atom. The van der Waals surface area contributed by atoms with Crippen LogP contribution in [0.3, 0.4) is 0 Å². The number of hydrogen-bond donors (Lipinski definition) is 0. The van der Waals surface area contributed by atoms with E-state index in [-0.39, 0.29) is 5.41 Å². The van der Waals surface area contributed by atoms with Crippen LogP contribution in [0.2, 0.25) is 0 Å². The van der Waals surface area contributed by atoms with Crippen LogP contribution in [0.25, 0.3) is 27.7 Å². The second-order valence-corrected chi connectivity index (χ2v) is 13.3. The second kappa shape index (κ2) is 8.18. The molecule has 0 saturated heterocycles. The predicted octanol–water partition coefficient (Wildman–Crippen LogP) is 9.67. The first-order chi connectivity index (χ1) is 18.5. The van der Waals surface area contributed by atoms with Gasteiger partial charge in [0, 0.05) is 23.7 Å². The van der Waals surface area contributed by atoms with Crippen molar-refractivity contribution in [2.24, 2.45) is 5.92 Å². The summed E-state index contributed by atoms with van der Waals surface area (Å²) in [6.45, 7) is 4.61. The van der Waals surface area contributed by atoms with Crippen molar-refractivity contribution >= 4 is 61.7 Å². The summed E-state index contributed by atoms with van der Waals surface area (Å²) in [5, 5.41) is 2.40. The molecule has 0 amide bonds. The maximum Gasteiger partial charge on any atom is 0.140 e. The fourth-order valence-electron chi connectivity index (χ4n) is 7.30. The maximum absolute atomic E-state index is 7.19. The lowest BCUT2D eigenvalue weighted by molar-refractivity contribution is 0.431. The monoisotopic (exact) mass is 714 g/mol. The third-order valence-corrected chi connectivity index (χ3v) is 10.6. The molecule has 184 valence electrons. The van der Waals surface area contributed by atoms with E-state index < -0.39 is 0 Å². The first-order valence-electron chi connectivity index (χ1n) is 13.1. The Balaban J connectivity index is 1.60. The molecule has 0 aromatic heterocycles. The van der Waals surface area contributed by atoms with Gasteiger partial charge >= 0.3 is 0 Å². The van der Waals surface area contributed by atoms with Crippen LogP contribution in [0, 0.1) is 20.0 Å². The van der Waals surface area contributed by atoms with Crippen molar-refractivity contribution in [3.63, 3.8) is 0 Å². The van der Waals surface area contributed by atoms with E-state index in [1.807, 2.05) is 0 Å². The van der Waals surface area contributed by atoms with Crippen LogP contribution in [0.15, 0.2) is 96.6 Å². The maximum atomic E-state index is 7.19. The number of hydrogen-bond acceptors (Lipinski definition) is 1. The molecule has 1 unspecified atom stereocenters. The normalized spacial score (nSPS) is 17.9. The van der Waals surface area contributed by atoms with E-state index in [4.69, 9.17) is 4.74 Å². The molecule has 1 spiro atoms. The van der Waals surface area contributed by atoms with Crippen LogP contribution in [-0.4, -0.2) is 0 Å². The summed E-state index contributed by atoms with van der Waals surface area (Å²) in [6, 6.07) is 34.1. The van der Waals surface area contributed by atoms with E-state index in [1.54, 1.807) is 0 Å². The molecule has 0 fully saturated rings. The van der Waals surface area contributed by atoms with E-state index in [1.165, 1.54) is 68.0 Å². The summed E-state index contributed by atoms with van der Waals surface area (Å²) in [6.07, 6.45) is 1.02. The van der Waals surface area contributed by atoms with Gasteiger partial charge in [-0.1, -0.05) is 79.7 Å². The van der Waals surface area contributed by atoms with Crippen molar-refractivity contribution < 1.29 is 4.74 Å². The second-order valence-electron chi connectivity index (χ2n) is 10.9. The van der Waals surface area contributed by atoms with Gasteiger partial charge in [-0.05, 0) is 127 Å². The van der Waals surface area contributed by atoms with Crippen molar-refractivity contribution in [2.75, 3.05) is 0 Å². The number of fused-ring (bicyclic) bond motifs is 12. The Kier molecular flexibility index (Phi) is 5.01. The van der Waals surface area contributed by atoms with Crippen molar-refractivity contribution in [3.8, 4) is 16.9 Å². The van der Waals surface area contributed by atoms with Gasteiger partial charge in [0.05, 0.1) is 5.41 Å². The average Bonchev–Trinajstić information content (AvgIpc) is 3.21. The molecule has 0 bridgehead atoms. The summed E-state index contributed by atoms with van der Waals surface area (Å²) in [7, 11) is 0. The number of halogens is 2. The standard InChI is InChI=1S/C35H24I2O/c1-19-15-22-16-20(2)32-34(27(22)18-31(19)37)38-33-26-17-23(36)13-11-21(26)12-14-30(33)35(32)28-9-5-3-7-24(28)25-8-4-6-10-29(25)35/h3-15,17-18,20H,16H2,1-2H3. The molecular weight excluding hydrogens is 690 g/mol. The molecule has 1 atom stereocenters. The molecule has 38 heavy (non-hydrogen) atoms. The highest BCUT2D eigenvalue weighted by Crippen LogP contribution is 2.64. The van der Waals surface area contributed by atoms with E-state index in [9.17, 15) is 0 Å². The zero-order valence-electron chi connectivity index (χ0n) is 21.1. The molecule has 1 nitrogen and oxygen atoms in total. The zero-order chi connectivity index (χ0) is 25.8. The first-order valence-corrected chi connectivity index (χ1v) is 15.3. The topological polar surface area (TPSA) is 9.23 Å². The molecule has 2 aliphatic carbocycles. The molecule has 1 aliphatic heterocycles. The van der Waals surface area contributed by atoms with Crippen LogP contribution in [-0.2, 0) is 11.8 Å². The number of allylic oxidation sites excluding steroid dienone is 1.